The van der Waals surface area contributed by atoms with Gasteiger partial charge in [-0.25, -0.2) is 4.68 Å². The van der Waals surface area contributed by atoms with E-state index in [2.05, 4.69) is 10.4 Å². The van der Waals surface area contributed by atoms with E-state index in [1.165, 1.54) is 0 Å². The van der Waals surface area contributed by atoms with Gasteiger partial charge in [0.1, 0.15) is 11.7 Å². The van der Waals surface area contributed by atoms with Crippen molar-refractivity contribution in [2.45, 2.75) is 33.7 Å². The van der Waals surface area contributed by atoms with Crippen molar-refractivity contribution < 1.29 is 4.79 Å². The molecule has 0 aliphatic rings. The van der Waals surface area contributed by atoms with Gasteiger partial charge in [-0.15, -0.1) is 0 Å². The second-order valence-electron chi connectivity index (χ2n) is 4.59. The molecule has 0 saturated heterocycles. The summed E-state index contributed by atoms with van der Waals surface area (Å²) < 4.78 is 1.71. The van der Waals surface area contributed by atoms with Gasteiger partial charge in [-0.1, -0.05) is 13.8 Å². The fourth-order valence-corrected chi connectivity index (χ4v) is 1.54. The SMILES string of the molecule is CC(C)C(C#N)C(=O)Nc1ccnn1C(C)C. The minimum absolute atomic E-state index is 0.00424. The Hall–Kier alpha value is -1.83. The van der Waals surface area contributed by atoms with Crippen LogP contribution in [0.4, 0.5) is 5.82 Å². The molecule has 1 N–H and O–H groups in total. The number of carbonyl (C=O) groups excluding carboxylic acids is 1. The predicted octanol–water partition coefficient (Wildman–Crippen LogP) is 2.20. The molecule has 0 spiro atoms. The van der Waals surface area contributed by atoms with E-state index in [0.717, 1.165) is 0 Å². The molecule has 5 heteroatoms. The lowest BCUT2D eigenvalue weighted by molar-refractivity contribution is -0.119. The first kappa shape index (κ1) is 13.2. The van der Waals surface area contributed by atoms with Gasteiger partial charge in [0.2, 0.25) is 5.91 Å². The summed E-state index contributed by atoms with van der Waals surface area (Å²) in [5.41, 5.74) is 0. The topological polar surface area (TPSA) is 70.7 Å². The lowest BCUT2D eigenvalue weighted by Gasteiger charge is -2.15. The third-order valence-corrected chi connectivity index (χ3v) is 2.50. The van der Waals surface area contributed by atoms with Crippen molar-refractivity contribution in [1.29, 1.82) is 5.26 Å². The van der Waals surface area contributed by atoms with Crippen LogP contribution in [0.1, 0.15) is 33.7 Å². The molecule has 1 rings (SSSR count). The molecule has 1 aromatic heterocycles. The van der Waals surface area contributed by atoms with Gasteiger partial charge in [0, 0.05) is 12.1 Å². The third-order valence-electron chi connectivity index (χ3n) is 2.50. The number of nitrogens with one attached hydrogen (secondary N) is 1. The molecular formula is C12H18N4O. The zero-order valence-electron chi connectivity index (χ0n) is 10.6. The molecule has 0 bridgehead atoms. The smallest absolute Gasteiger partial charge is 0.243 e. The number of hydrogen-bond acceptors (Lipinski definition) is 3. The maximum absolute atomic E-state index is 11.9. The largest absolute Gasteiger partial charge is 0.310 e. The van der Waals surface area contributed by atoms with Crippen LogP contribution in [0.3, 0.4) is 0 Å². The molecule has 0 aliphatic carbocycles. The van der Waals surface area contributed by atoms with Crippen molar-refractivity contribution >= 4 is 11.7 Å². The normalized spacial score (nSPS) is 12.5. The lowest BCUT2D eigenvalue weighted by Crippen LogP contribution is -2.27. The number of carbonyl (C=O) groups is 1. The number of anilines is 1. The van der Waals surface area contributed by atoms with Crippen molar-refractivity contribution in [2.24, 2.45) is 11.8 Å². The van der Waals surface area contributed by atoms with Crippen LogP contribution in [0.15, 0.2) is 12.3 Å². The van der Waals surface area contributed by atoms with Crippen LogP contribution in [-0.4, -0.2) is 15.7 Å². The van der Waals surface area contributed by atoms with E-state index in [1.54, 1.807) is 16.9 Å². The van der Waals surface area contributed by atoms with E-state index in [9.17, 15) is 4.79 Å². The number of amides is 1. The Kier molecular flexibility index (Phi) is 4.27. The van der Waals surface area contributed by atoms with Gasteiger partial charge in [0.05, 0.1) is 12.3 Å². The average Bonchev–Trinajstić information content (AvgIpc) is 2.66. The van der Waals surface area contributed by atoms with Gasteiger partial charge >= 0.3 is 0 Å². The summed E-state index contributed by atoms with van der Waals surface area (Å²) in [6.07, 6.45) is 1.63. The monoisotopic (exact) mass is 234 g/mol. The van der Waals surface area contributed by atoms with Crippen LogP contribution >= 0.6 is 0 Å². The van der Waals surface area contributed by atoms with Gasteiger partial charge in [0.15, 0.2) is 0 Å². The minimum atomic E-state index is -0.634. The fraction of sp³-hybridized carbons (Fsp3) is 0.583. The standard InChI is InChI=1S/C12H18N4O/c1-8(2)10(7-13)12(17)15-11-5-6-14-16(11)9(3)4/h5-6,8-10H,1-4H3,(H,15,17). The van der Waals surface area contributed by atoms with E-state index in [4.69, 9.17) is 5.26 Å². The zero-order chi connectivity index (χ0) is 13.0. The number of aromatic nitrogens is 2. The highest BCUT2D eigenvalue weighted by atomic mass is 16.2. The summed E-state index contributed by atoms with van der Waals surface area (Å²) in [4.78, 5) is 11.9. The summed E-state index contributed by atoms with van der Waals surface area (Å²) in [5, 5.41) is 15.8. The molecule has 1 amide bonds. The van der Waals surface area contributed by atoms with Gasteiger partial charge in [0.25, 0.3) is 0 Å². The Morgan fingerprint density at radius 3 is 2.59 bits per heavy atom. The van der Waals surface area contributed by atoms with E-state index in [0.29, 0.717) is 5.82 Å². The summed E-state index contributed by atoms with van der Waals surface area (Å²) in [7, 11) is 0. The number of hydrogen-bond donors (Lipinski definition) is 1. The van der Waals surface area contributed by atoms with Crippen molar-refractivity contribution in [3.8, 4) is 6.07 Å². The molecular weight excluding hydrogens is 216 g/mol. The molecule has 0 aliphatic heterocycles. The molecule has 1 atom stereocenters. The van der Waals surface area contributed by atoms with Crippen molar-refractivity contribution in [2.75, 3.05) is 5.32 Å². The van der Waals surface area contributed by atoms with E-state index in [-0.39, 0.29) is 17.9 Å². The average molecular weight is 234 g/mol. The predicted molar refractivity (Wildman–Crippen MR) is 65.2 cm³/mol. The quantitative estimate of drug-likeness (QED) is 0.868. The number of nitriles is 1. The van der Waals surface area contributed by atoms with Gasteiger partial charge in [-0.05, 0) is 19.8 Å². The van der Waals surface area contributed by atoms with Gasteiger partial charge < -0.3 is 5.32 Å². The second-order valence-corrected chi connectivity index (χ2v) is 4.59. The zero-order valence-corrected chi connectivity index (χ0v) is 10.6. The minimum Gasteiger partial charge on any atom is -0.310 e. The van der Waals surface area contributed by atoms with E-state index < -0.39 is 5.92 Å². The molecule has 92 valence electrons. The van der Waals surface area contributed by atoms with Crippen molar-refractivity contribution in [3.05, 3.63) is 12.3 Å². The highest BCUT2D eigenvalue weighted by molar-refractivity contribution is 5.93. The van der Waals surface area contributed by atoms with E-state index in [1.807, 2.05) is 33.8 Å². The first-order chi connectivity index (χ1) is 7.97. The second kappa shape index (κ2) is 5.48. The number of nitrogens with zero attached hydrogens (tertiary/aromatic N) is 3. The lowest BCUT2D eigenvalue weighted by atomic mass is 9.97. The Labute approximate surface area is 101 Å². The molecule has 1 unspecified atom stereocenters. The van der Waals surface area contributed by atoms with Crippen molar-refractivity contribution in [1.82, 2.24) is 9.78 Å². The van der Waals surface area contributed by atoms with Crippen LogP contribution < -0.4 is 5.32 Å². The maximum atomic E-state index is 11.9. The Balaban J connectivity index is 2.81. The Bertz CT molecular complexity index is 428. The highest BCUT2D eigenvalue weighted by Crippen LogP contribution is 2.16. The Morgan fingerprint density at radius 2 is 2.12 bits per heavy atom. The number of rotatable bonds is 4. The first-order valence-electron chi connectivity index (χ1n) is 5.71. The van der Waals surface area contributed by atoms with Crippen LogP contribution in [0.5, 0.6) is 0 Å². The van der Waals surface area contributed by atoms with Crippen LogP contribution in [-0.2, 0) is 4.79 Å². The van der Waals surface area contributed by atoms with Crippen LogP contribution in [0.2, 0.25) is 0 Å². The highest BCUT2D eigenvalue weighted by Gasteiger charge is 2.22. The molecule has 1 aromatic rings. The molecule has 0 saturated carbocycles. The molecule has 5 nitrogen and oxygen atoms in total. The van der Waals surface area contributed by atoms with Crippen LogP contribution in [0, 0.1) is 23.2 Å². The molecule has 0 aromatic carbocycles. The third kappa shape index (κ3) is 3.06. The summed E-state index contributed by atoms with van der Waals surface area (Å²) in [6.45, 7) is 7.67. The summed E-state index contributed by atoms with van der Waals surface area (Å²) >= 11 is 0. The maximum Gasteiger partial charge on any atom is 0.243 e. The molecule has 17 heavy (non-hydrogen) atoms. The summed E-state index contributed by atoms with van der Waals surface area (Å²) in [6, 6.07) is 3.92. The first-order valence-corrected chi connectivity index (χ1v) is 5.71. The van der Waals surface area contributed by atoms with Gasteiger partial charge in [-0.3, -0.25) is 4.79 Å². The van der Waals surface area contributed by atoms with Crippen molar-refractivity contribution in [3.63, 3.8) is 0 Å². The molecule has 0 radical (unpaired) electrons. The molecule has 0 fully saturated rings. The van der Waals surface area contributed by atoms with Crippen LogP contribution in [0.25, 0.3) is 0 Å². The Morgan fingerprint density at radius 1 is 1.47 bits per heavy atom. The van der Waals surface area contributed by atoms with E-state index >= 15 is 0 Å². The summed E-state index contributed by atoms with van der Waals surface area (Å²) in [5.74, 6) is -0.281. The van der Waals surface area contributed by atoms with Gasteiger partial charge in [-0.2, -0.15) is 10.4 Å². The molecule has 1 heterocycles. The fourth-order valence-electron chi connectivity index (χ4n) is 1.54.